The molecule has 0 aliphatic carbocycles. The smallest absolute Gasteiger partial charge is 0.253 e. The number of carbonyl (C=O) groups excluding carboxylic acids is 2. The maximum Gasteiger partial charge on any atom is 0.253 e. The number of halogens is 1. The predicted molar refractivity (Wildman–Crippen MR) is 84.8 cm³/mol. The Morgan fingerprint density at radius 3 is 2.19 bits per heavy atom. The number of carbonyl (C=O) groups is 2. The zero-order valence-corrected chi connectivity index (χ0v) is 13.7. The Morgan fingerprint density at radius 1 is 1.14 bits per heavy atom. The fourth-order valence-corrected chi connectivity index (χ4v) is 2.58. The van der Waals surface area contributed by atoms with Gasteiger partial charge in [-0.15, -0.1) is 0 Å². The van der Waals surface area contributed by atoms with E-state index in [2.05, 4.69) is 15.9 Å². The van der Waals surface area contributed by atoms with Crippen molar-refractivity contribution in [3.63, 3.8) is 0 Å². The summed E-state index contributed by atoms with van der Waals surface area (Å²) in [5.74, 6) is -0.0616. The molecule has 0 radical (unpaired) electrons. The first-order chi connectivity index (χ1) is 10.0. The van der Waals surface area contributed by atoms with Crippen LogP contribution in [0.25, 0.3) is 0 Å². The largest absolute Gasteiger partial charge is 0.339 e. The van der Waals surface area contributed by atoms with Crippen LogP contribution in [0.1, 0.15) is 17.3 Å². The summed E-state index contributed by atoms with van der Waals surface area (Å²) in [6.07, 6.45) is 0. The van der Waals surface area contributed by atoms with E-state index in [1.807, 2.05) is 19.1 Å². The molecule has 0 spiro atoms. The van der Waals surface area contributed by atoms with Crippen LogP contribution in [0.4, 0.5) is 0 Å². The van der Waals surface area contributed by atoms with Crippen LogP contribution in [-0.2, 0) is 4.79 Å². The highest BCUT2D eigenvalue weighted by molar-refractivity contribution is 9.10. The van der Waals surface area contributed by atoms with Crippen LogP contribution in [0.15, 0.2) is 28.7 Å². The second-order valence-corrected chi connectivity index (χ2v) is 6.18. The van der Waals surface area contributed by atoms with E-state index in [4.69, 9.17) is 5.73 Å². The number of benzene rings is 1. The topological polar surface area (TPSA) is 66.6 Å². The summed E-state index contributed by atoms with van der Waals surface area (Å²) in [6, 6.07) is 7.33. The molecule has 2 rings (SSSR count). The highest BCUT2D eigenvalue weighted by atomic mass is 79.9. The quantitative estimate of drug-likeness (QED) is 0.891. The van der Waals surface area contributed by atoms with Crippen molar-refractivity contribution < 1.29 is 9.59 Å². The van der Waals surface area contributed by atoms with Crippen molar-refractivity contribution in [2.75, 3.05) is 32.7 Å². The molecule has 1 aliphatic heterocycles. The van der Waals surface area contributed by atoms with E-state index in [0.717, 1.165) is 4.47 Å². The summed E-state index contributed by atoms with van der Waals surface area (Å²) in [6.45, 7) is 4.48. The SMILES string of the molecule is CC(CN)C(=O)N1CCN(C(=O)c2ccc(Br)cc2)CC1. The van der Waals surface area contributed by atoms with Gasteiger partial charge in [0.05, 0.1) is 0 Å². The van der Waals surface area contributed by atoms with E-state index in [-0.39, 0.29) is 17.7 Å². The summed E-state index contributed by atoms with van der Waals surface area (Å²) in [7, 11) is 0. The van der Waals surface area contributed by atoms with E-state index in [9.17, 15) is 9.59 Å². The molecule has 1 aliphatic rings. The molecule has 1 saturated heterocycles. The van der Waals surface area contributed by atoms with Gasteiger partial charge >= 0.3 is 0 Å². The number of amides is 2. The first kappa shape index (κ1) is 16.0. The normalized spacial score (nSPS) is 16.7. The van der Waals surface area contributed by atoms with Crippen molar-refractivity contribution >= 4 is 27.7 Å². The lowest BCUT2D eigenvalue weighted by atomic mass is 10.1. The van der Waals surface area contributed by atoms with E-state index >= 15 is 0 Å². The zero-order chi connectivity index (χ0) is 15.4. The third-order valence-electron chi connectivity index (χ3n) is 3.74. The Balaban J connectivity index is 1.93. The number of hydrogen-bond acceptors (Lipinski definition) is 3. The molecule has 0 bridgehead atoms. The molecular weight excluding hydrogens is 334 g/mol. The van der Waals surface area contributed by atoms with E-state index in [1.165, 1.54) is 0 Å². The first-order valence-electron chi connectivity index (χ1n) is 7.06. The monoisotopic (exact) mass is 353 g/mol. The molecular formula is C15H20BrN3O2. The molecule has 1 aromatic rings. The molecule has 1 fully saturated rings. The fourth-order valence-electron chi connectivity index (χ4n) is 2.32. The third kappa shape index (κ3) is 3.83. The molecule has 0 aromatic heterocycles. The van der Waals surface area contributed by atoms with Gasteiger partial charge in [0, 0.05) is 48.7 Å². The highest BCUT2D eigenvalue weighted by Crippen LogP contribution is 2.14. The lowest BCUT2D eigenvalue weighted by Gasteiger charge is -2.36. The lowest BCUT2D eigenvalue weighted by molar-refractivity contribution is -0.136. The summed E-state index contributed by atoms with van der Waals surface area (Å²) in [5, 5.41) is 0. The van der Waals surface area contributed by atoms with Gasteiger partial charge in [-0.25, -0.2) is 0 Å². The van der Waals surface area contributed by atoms with Crippen molar-refractivity contribution in [1.82, 2.24) is 9.80 Å². The maximum atomic E-state index is 12.4. The molecule has 21 heavy (non-hydrogen) atoms. The molecule has 6 heteroatoms. The van der Waals surface area contributed by atoms with Gasteiger partial charge in [0.15, 0.2) is 0 Å². The van der Waals surface area contributed by atoms with E-state index in [0.29, 0.717) is 38.3 Å². The minimum Gasteiger partial charge on any atom is -0.339 e. The van der Waals surface area contributed by atoms with Gasteiger partial charge in [0.1, 0.15) is 0 Å². The van der Waals surface area contributed by atoms with Crippen molar-refractivity contribution in [3.8, 4) is 0 Å². The number of rotatable bonds is 3. The third-order valence-corrected chi connectivity index (χ3v) is 4.27. The Kier molecular flexibility index (Phi) is 5.36. The van der Waals surface area contributed by atoms with Gasteiger partial charge in [0.2, 0.25) is 5.91 Å². The average Bonchev–Trinajstić information content (AvgIpc) is 2.53. The van der Waals surface area contributed by atoms with Crippen molar-refractivity contribution in [2.24, 2.45) is 11.7 Å². The number of nitrogens with two attached hydrogens (primary N) is 1. The van der Waals surface area contributed by atoms with Crippen LogP contribution >= 0.6 is 15.9 Å². The van der Waals surface area contributed by atoms with Crippen LogP contribution in [0.3, 0.4) is 0 Å². The Labute approximate surface area is 133 Å². The number of nitrogens with zero attached hydrogens (tertiary/aromatic N) is 2. The van der Waals surface area contributed by atoms with E-state index in [1.54, 1.807) is 21.9 Å². The standard InChI is InChI=1S/C15H20BrN3O2/c1-11(10-17)14(20)18-6-8-19(9-7-18)15(21)12-2-4-13(16)5-3-12/h2-5,11H,6-10,17H2,1H3. The average molecular weight is 354 g/mol. The van der Waals surface area contributed by atoms with Crippen molar-refractivity contribution in [3.05, 3.63) is 34.3 Å². The molecule has 2 N–H and O–H groups in total. The highest BCUT2D eigenvalue weighted by Gasteiger charge is 2.26. The van der Waals surface area contributed by atoms with Gasteiger partial charge in [0.25, 0.3) is 5.91 Å². The summed E-state index contributed by atoms with van der Waals surface area (Å²) in [4.78, 5) is 28.0. The van der Waals surface area contributed by atoms with Gasteiger partial charge in [-0.1, -0.05) is 22.9 Å². The van der Waals surface area contributed by atoms with Crippen molar-refractivity contribution in [2.45, 2.75) is 6.92 Å². The summed E-state index contributed by atoms with van der Waals surface area (Å²) >= 11 is 3.36. The minimum absolute atomic E-state index is 0.0153. The number of piperazine rings is 1. The van der Waals surface area contributed by atoms with Gasteiger partial charge in [-0.3, -0.25) is 9.59 Å². The Bertz CT molecular complexity index is 510. The molecule has 2 amide bonds. The first-order valence-corrected chi connectivity index (χ1v) is 7.86. The molecule has 1 heterocycles. The summed E-state index contributed by atoms with van der Waals surface area (Å²) < 4.78 is 0.949. The molecule has 1 atom stereocenters. The summed E-state index contributed by atoms with van der Waals surface area (Å²) in [5.41, 5.74) is 6.20. The van der Waals surface area contributed by atoms with Crippen LogP contribution in [0.5, 0.6) is 0 Å². The molecule has 0 saturated carbocycles. The van der Waals surface area contributed by atoms with Crippen LogP contribution in [0.2, 0.25) is 0 Å². The second-order valence-electron chi connectivity index (χ2n) is 5.26. The van der Waals surface area contributed by atoms with Crippen LogP contribution in [0, 0.1) is 5.92 Å². The van der Waals surface area contributed by atoms with Crippen molar-refractivity contribution in [1.29, 1.82) is 0 Å². The Morgan fingerprint density at radius 2 is 1.67 bits per heavy atom. The fraction of sp³-hybridized carbons (Fsp3) is 0.467. The predicted octanol–water partition coefficient (Wildman–Crippen LogP) is 1.33. The molecule has 5 nitrogen and oxygen atoms in total. The van der Waals surface area contributed by atoms with Gasteiger partial charge in [-0.05, 0) is 24.3 Å². The molecule has 1 aromatic carbocycles. The number of hydrogen-bond donors (Lipinski definition) is 1. The molecule has 1 unspecified atom stereocenters. The van der Waals surface area contributed by atoms with Gasteiger partial charge < -0.3 is 15.5 Å². The van der Waals surface area contributed by atoms with E-state index < -0.39 is 0 Å². The minimum atomic E-state index is -0.154. The van der Waals surface area contributed by atoms with Crippen LogP contribution in [-0.4, -0.2) is 54.3 Å². The zero-order valence-electron chi connectivity index (χ0n) is 12.1. The van der Waals surface area contributed by atoms with Gasteiger partial charge in [-0.2, -0.15) is 0 Å². The maximum absolute atomic E-state index is 12.4. The molecule has 114 valence electrons. The second kappa shape index (κ2) is 7.04. The lowest BCUT2D eigenvalue weighted by Crippen LogP contribution is -2.52. The Hall–Kier alpha value is -1.40. The van der Waals surface area contributed by atoms with Crippen LogP contribution < -0.4 is 5.73 Å².